The summed E-state index contributed by atoms with van der Waals surface area (Å²) in [5.41, 5.74) is -0.0124. The van der Waals surface area contributed by atoms with Gasteiger partial charge in [0.1, 0.15) is 5.82 Å². The summed E-state index contributed by atoms with van der Waals surface area (Å²) in [6.07, 6.45) is 0. The second kappa shape index (κ2) is 7.27. The number of hydrogen-bond donors (Lipinski definition) is 1. The maximum Gasteiger partial charge on any atom is 0.264 e. The molecule has 0 aromatic heterocycles. The molecule has 6 nitrogen and oxygen atoms in total. The summed E-state index contributed by atoms with van der Waals surface area (Å²) in [6.45, 7) is 0. The van der Waals surface area contributed by atoms with Gasteiger partial charge in [-0.1, -0.05) is 22.1 Å². The molecule has 0 radical (unpaired) electrons. The van der Waals surface area contributed by atoms with E-state index in [-0.39, 0.29) is 21.2 Å². The summed E-state index contributed by atoms with van der Waals surface area (Å²) in [5, 5.41) is 2.56. The van der Waals surface area contributed by atoms with Crippen LogP contribution in [0.4, 0.5) is 10.1 Å². The van der Waals surface area contributed by atoms with Crippen LogP contribution in [0, 0.1) is 5.82 Å². The van der Waals surface area contributed by atoms with Gasteiger partial charge in [-0.2, -0.15) is 0 Å². The van der Waals surface area contributed by atoms with Gasteiger partial charge in [-0.3, -0.25) is 9.63 Å². The number of carbonyl (C=O) groups excluding carboxylic acids is 1. The number of hydrogen-bond acceptors (Lipinski definition) is 4. The molecule has 2 rings (SSSR count). The van der Waals surface area contributed by atoms with Crippen molar-refractivity contribution < 1.29 is 22.4 Å². The van der Waals surface area contributed by atoms with E-state index in [9.17, 15) is 17.6 Å². The first-order valence-corrected chi connectivity index (χ1v) is 8.47. The van der Waals surface area contributed by atoms with Crippen molar-refractivity contribution in [1.82, 2.24) is 4.47 Å². The number of benzene rings is 2. The number of nitrogens with one attached hydrogen (secondary N) is 1. The number of sulfonamides is 1. The molecule has 0 saturated carbocycles. The number of anilines is 1. The van der Waals surface area contributed by atoms with Crippen LogP contribution in [-0.4, -0.2) is 33.0 Å². The lowest BCUT2D eigenvalue weighted by atomic mass is 10.2. The predicted octanol–water partition coefficient (Wildman–Crippen LogP) is 2.91. The quantitative estimate of drug-likeness (QED) is 0.819. The van der Waals surface area contributed by atoms with Gasteiger partial charge in [-0.25, -0.2) is 12.8 Å². The maximum absolute atomic E-state index is 13.7. The average Bonchev–Trinajstić information content (AvgIpc) is 2.56. The fourth-order valence-electron chi connectivity index (χ4n) is 1.83. The van der Waals surface area contributed by atoms with Crippen LogP contribution in [0.15, 0.2) is 47.4 Å². The van der Waals surface area contributed by atoms with Crippen LogP contribution >= 0.6 is 11.6 Å². The number of halogens is 2. The van der Waals surface area contributed by atoms with Crippen LogP contribution in [0.3, 0.4) is 0 Å². The first-order valence-electron chi connectivity index (χ1n) is 6.65. The van der Waals surface area contributed by atoms with Crippen LogP contribution < -0.4 is 5.32 Å². The van der Waals surface area contributed by atoms with Gasteiger partial charge in [0.2, 0.25) is 0 Å². The second-order valence-corrected chi connectivity index (χ2v) is 7.08. The maximum atomic E-state index is 13.7. The normalized spacial score (nSPS) is 11.5. The molecular formula is C15H14ClFN2O4S. The molecule has 2 aromatic carbocycles. The van der Waals surface area contributed by atoms with E-state index < -0.39 is 21.7 Å². The predicted molar refractivity (Wildman–Crippen MR) is 87.8 cm³/mol. The van der Waals surface area contributed by atoms with Crippen molar-refractivity contribution in [2.24, 2.45) is 0 Å². The van der Waals surface area contributed by atoms with Gasteiger partial charge in [-0.15, -0.1) is 0 Å². The smallest absolute Gasteiger partial charge is 0.264 e. The van der Waals surface area contributed by atoms with Crippen LogP contribution in [0.25, 0.3) is 0 Å². The zero-order valence-corrected chi connectivity index (χ0v) is 14.4. The molecule has 0 aliphatic rings. The highest BCUT2D eigenvalue weighted by molar-refractivity contribution is 7.89. The molecule has 2 aromatic rings. The molecule has 0 aliphatic heterocycles. The van der Waals surface area contributed by atoms with Gasteiger partial charge in [0.25, 0.3) is 15.9 Å². The Balaban J connectivity index is 2.30. The number of nitrogens with zero attached hydrogens (tertiary/aromatic N) is 1. The van der Waals surface area contributed by atoms with Crippen molar-refractivity contribution in [3.05, 3.63) is 58.9 Å². The molecule has 0 spiro atoms. The number of carbonyl (C=O) groups is 1. The highest BCUT2D eigenvalue weighted by Crippen LogP contribution is 2.21. The fourth-order valence-corrected chi connectivity index (χ4v) is 3.01. The van der Waals surface area contributed by atoms with Gasteiger partial charge >= 0.3 is 0 Å². The third kappa shape index (κ3) is 3.90. The van der Waals surface area contributed by atoms with Crippen molar-refractivity contribution in [2.75, 3.05) is 19.5 Å². The minimum Gasteiger partial charge on any atom is -0.319 e. The topological polar surface area (TPSA) is 75.7 Å². The zero-order valence-electron chi connectivity index (χ0n) is 12.8. The van der Waals surface area contributed by atoms with Gasteiger partial charge in [0.15, 0.2) is 0 Å². The molecule has 128 valence electrons. The van der Waals surface area contributed by atoms with Crippen LogP contribution in [0.1, 0.15) is 10.4 Å². The van der Waals surface area contributed by atoms with E-state index in [2.05, 4.69) is 10.2 Å². The second-order valence-electron chi connectivity index (χ2n) is 4.70. The monoisotopic (exact) mass is 372 g/mol. The summed E-state index contributed by atoms with van der Waals surface area (Å²) >= 11 is 5.65. The summed E-state index contributed by atoms with van der Waals surface area (Å²) < 4.78 is 38.8. The molecular weight excluding hydrogens is 359 g/mol. The lowest BCUT2D eigenvalue weighted by Crippen LogP contribution is -2.26. The van der Waals surface area contributed by atoms with Crippen molar-refractivity contribution in [3.63, 3.8) is 0 Å². The molecule has 24 heavy (non-hydrogen) atoms. The SMILES string of the molecule is CON(C)S(=O)(=O)c1cccc(C(=O)Nc2ccc(Cl)cc2F)c1. The Morgan fingerprint density at radius 1 is 1.25 bits per heavy atom. The van der Waals surface area contributed by atoms with E-state index >= 15 is 0 Å². The molecule has 0 atom stereocenters. The molecule has 9 heteroatoms. The Bertz CT molecular complexity index is 874. The third-order valence-corrected chi connectivity index (χ3v) is 5.08. The van der Waals surface area contributed by atoms with Gasteiger partial charge in [-0.05, 0) is 36.4 Å². The summed E-state index contributed by atoms with van der Waals surface area (Å²) in [5.74, 6) is -1.35. The minimum absolute atomic E-state index is 0.0509. The van der Waals surface area contributed by atoms with Crippen molar-refractivity contribution in [1.29, 1.82) is 0 Å². The standard InChI is InChI=1S/C15H14ClFN2O4S/c1-19(23-2)24(21,22)12-5-3-4-10(8-12)15(20)18-14-7-6-11(16)9-13(14)17/h3-9H,1-2H3,(H,18,20). The molecule has 0 heterocycles. The number of hydroxylamine groups is 1. The molecule has 0 aliphatic carbocycles. The molecule has 0 bridgehead atoms. The third-order valence-electron chi connectivity index (χ3n) is 3.17. The molecule has 0 unspecified atom stereocenters. The fraction of sp³-hybridized carbons (Fsp3) is 0.133. The number of amides is 1. The highest BCUT2D eigenvalue weighted by atomic mass is 35.5. The van der Waals surface area contributed by atoms with Crippen molar-refractivity contribution in [2.45, 2.75) is 4.90 Å². The largest absolute Gasteiger partial charge is 0.319 e. The molecule has 1 amide bonds. The van der Waals surface area contributed by atoms with E-state index in [0.29, 0.717) is 4.47 Å². The number of rotatable bonds is 5. The van der Waals surface area contributed by atoms with E-state index in [4.69, 9.17) is 11.6 Å². The van der Waals surface area contributed by atoms with Crippen molar-refractivity contribution >= 4 is 33.2 Å². The molecule has 1 N–H and O–H groups in total. The van der Waals surface area contributed by atoms with Crippen LogP contribution in [-0.2, 0) is 14.9 Å². The first-order chi connectivity index (χ1) is 11.3. The highest BCUT2D eigenvalue weighted by Gasteiger charge is 2.22. The van der Waals surface area contributed by atoms with E-state index in [1.807, 2.05) is 0 Å². The molecule has 0 fully saturated rings. The Hall–Kier alpha value is -2.00. The zero-order chi connectivity index (χ0) is 17.9. The van der Waals surface area contributed by atoms with E-state index in [1.165, 1.54) is 50.6 Å². The Kier molecular flexibility index (Phi) is 5.55. The van der Waals surface area contributed by atoms with Gasteiger partial charge < -0.3 is 5.32 Å². The lowest BCUT2D eigenvalue weighted by molar-refractivity contribution is -0.0258. The van der Waals surface area contributed by atoms with Gasteiger partial charge in [0, 0.05) is 17.6 Å². The minimum atomic E-state index is -3.89. The Labute approximate surface area is 143 Å². The van der Waals surface area contributed by atoms with E-state index in [1.54, 1.807) is 0 Å². The van der Waals surface area contributed by atoms with Crippen LogP contribution in [0.2, 0.25) is 5.02 Å². The Morgan fingerprint density at radius 2 is 1.96 bits per heavy atom. The average molecular weight is 373 g/mol. The summed E-state index contributed by atoms with van der Waals surface area (Å²) in [7, 11) is -1.46. The summed E-state index contributed by atoms with van der Waals surface area (Å²) in [6, 6.07) is 9.12. The Morgan fingerprint density at radius 3 is 2.58 bits per heavy atom. The first kappa shape index (κ1) is 18.3. The summed E-state index contributed by atoms with van der Waals surface area (Å²) in [4.78, 5) is 16.8. The molecule has 0 saturated heterocycles. The van der Waals surface area contributed by atoms with Crippen LogP contribution in [0.5, 0.6) is 0 Å². The lowest BCUT2D eigenvalue weighted by Gasteiger charge is -2.14. The van der Waals surface area contributed by atoms with E-state index in [0.717, 1.165) is 6.07 Å². The van der Waals surface area contributed by atoms with Gasteiger partial charge in [0.05, 0.1) is 17.7 Å². The van der Waals surface area contributed by atoms with Crippen molar-refractivity contribution in [3.8, 4) is 0 Å².